The fourth-order valence-corrected chi connectivity index (χ4v) is 3.07. The summed E-state index contributed by atoms with van der Waals surface area (Å²) in [7, 11) is 0. The molecule has 0 spiro atoms. The van der Waals surface area contributed by atoms with Crippen molar-refractivity contribution in [2.24, 2.45) is 11.8 Å². The van der Waals surface area contributed by atoms with E-state index in [1.165, 1.54) is 6.92 Å². The third-order valence-electron chi connectivity index (χ3n) is 4.55. The molecule has 1 aromatic rings. The summed E-state index contributed by atoms with van der Waals surface area (Å²) in [6, 6.07) is 7.11. The lowest BCUT2D eigenvalue weighted by molar-refractivity contribution is -0.135. The van der Waals surface area contributed by atoms with E-state index in [0.717, 1.165) is 12.8 Å². The molecule has 1 aliphatic carbocycles. The average molecular weight is 329 g/mol. The van der Waals surface area contributed by atoms with E-state index in [2.05, 4.69) is 10.6 Å². The van der Waals surface area contributed by atoms with Crippen LogP contribution in [-0.2, 0) is 14.4 Å². The van der Waals surface area contributed by atoms with Gasteiger partial charge in [0.15, 0.2) is 0 Å². The smallest absolute Gasteiger partial charge is 0.227 e. The highest BCUT2D eigenvalue weighted by Gasteiger charge is 2.35. The maximum atomic E-state index is 12.4. The number of nitrogens with one attached hydrogen (secondary N) is 2. The van der Waals surface area contributed by atoms with Gasteiger partial charge in [0, 0.05) is 43.2 Å². The second-order valence-corrected chi connectivity index (χ2v) is 6.63. The van der Waals surface area contributed by atoms with Gasteiger partial charge in [0.1, 0.15) is 0 Å². The monoisotopic (exact) mass is 329 g/mol. The quantitative estimate of drug-likeness (QED) is 0.889. The molecule has 2 aliphatic rings. The molecule has 3 amide bonds. The predicted molar refractivity (Wildman–Crippen MR) is 91.4 cm³/mol. The van der Waals surface area contributed by atoms with Crippen LogP contribution in [-0.4, -0.2) is 35.7 Å². The zero-order chi connectivity index (χ0) is 17.1. The summed E-state index contributed by atoms with van der Waals surface area (Å²) in [6.07, 6.45) is 3.44. The van der Waals surface area contributed by atoms with Gasteiger partial charge in [-0.1, -0.05) is 6.07 Å². The summed E-state index contributed by atoms with van der Waals surface area (Å²) in [5.74, 6) is 0.265. The maximum Gasteiger partial charge on any atom is 0.227 e. The Hall–Kier alpha value is -2.37. The van der Waals surface area contributed by atoms with Gasteiger partial charge < -0.3 is 15.5 Å². The normalized spacial score (nSPS) is 18.1. The Morgan fingerprint density at radius 2 is 1.58 bits per heavy atom. The van der Waals surface area contributed by atoms with Crippen molar-refractivity contribution >= 4 is 29.1 Å². The summed E-state index contributed by atoms with van der Waals surface area (Å²) in [5.41, 5.74) is 1.33. The largest absolute Gasteiger partial charge is 0.342 e. The number of anilines is 2. The van der Waals surface area contributed by atoms with Crippen LogP contribution in [0.3, 0.4) is 0 Å². The highest BCUT2D eigenvalue weighted by Crippen LogP contribution is 2.32. The van der Waals surface area contributed by atoms with Crippen LogP contribution in [0.15, 0.2) is 24.3 Å². The van der Waals surface area contributed by atoms with Crippen molar-refractivity contribution in [3.05, 3.63) is 24.3 Å². The van der Waals surface area contributed by atoms with Crippen LogP contribution >= 0.6 is 0 Å². The van der Waals surface area contributed by atoms with Crippen LogP contribution in [0.4, 0.5) is 11.4 Å². The van der Waals surface area contributed by atoms with Gasteiger partial charge in [-0.15, -0.1) is 0 Å². The molecule has 0 radical (unpaired) electrons. The van der Waals surface area contributed by atoms with Crippen LogP contribution in [0.5, 0.6) is 0 Å². The molecule has 24 heavy (non-hydrogen) atoms. The Morgan fingerprint density at radius 3 is 2.17 bits per heavy atom. The van der Waals surface area contributed by atoms with Crippen LogP contribution in [0.25, 0.3) is 0 Å². The second kappa shape index (κ2) is 7.03. The van der Waals surface area contributed by atoms with E-state index >= 15 is 0 Å². The zero-order valence-electron chi connectivity index (χ0n) is 13.9. The van der Waals surface area contributed by atoms with Crippen molar-refractivity contribution in [1.29, 1.82) is 0 Å². The molecular weight excluding hydrogens is 306 g/mol. The third-order valence-corrected chi connectivity index (χ3v) is 4.55. The van der Waals surface area contributed by atoms with Gasteiger partial charge in [-0.25, -0.2) is 0 Å². The first-order valence-corrected chi connectivity index (χ1v) is 8.50. The number of amides is 3. The molecule has 6 heteroatoms. The molecule has 6 nitrogen and oxygen atoms in total. The van der Waals surface area contributed by atoms with E-state index < -0.39 is 0 Å². The Labute approximate surface area is 141 Å². The molecule has 3 rings (SSSR count). The van der Waals surface area contributed by atoms with Crippen LogP contribution in [0, 0.1) is 11.8 Å². The molecule has 1 aromatic carbocycles. The minimum Gasteiger partial charge on any atom is -0.342 e. The number of hydrogen-bond donors (Lipinski definition) is 2. The van der Waals surface area contributed by atoms with Crippen molar-refractivity contribution in [3.8, 4) is 0 Å². The Bertz CT molecular complexity index is 647. The molecule has 1 saturated heterocycles. The van der Waals surface area contributed by atoms with Crippen molar-refractivity contribution in [2.75, 3.05) is 23.7 Å². The Kier molecular flexibility index (Phi) is 4.83. The van der Waals surface area contributed by atoms with Crippen LogP contribution in [0.2, 0.25) is 0 Å². The van der Waals surface area contributed by atoms with Gasteiger partial charge in [-0.2, -0.15) is 0 Å². The summed E-state index contributed by atoms with van der Waals surface area (Å²) in [5, 5.41) is 5.61. The summed E-state index contributed by atoms with van der Waals surface area (Å²) in [4.78, 5) is 37.5. The van der Waals surface area contributed by atoms with Crippen molar-refractivity contribution < 1.29 is 14.4 Å². The van der Waals surface area contributed by atoms with Crippen molar-refractivity contribution in [2.45, 2.75) is 32.6 Å². The summed E-state index contributed by atoms with van der Waals surface area (Å²) < 4.78 is 0. The lowest BCUT2D eigenvalue weighted by Crippen LogP contribution is -2.42. The van der Waals surface area contributed by atoms with Gasteiger partial charge in [0.25, 0.3) is 0 Å². The molecule has 1 saturated carbocycles. The molecule has 0 atom stereocenters. The minimum atomic E-state index is -0.147. The predicted octanol–water partition coefficient (Wildman–Crippen LogP) is 2.23. The topological polar surface area (TPSA) is 78.5 Å². The van der Waals surface area contributed by atoms with Gasteiger partial charge >= 0.3 is 0 Å². The maximum absolute atomic E-state index is 12.4. The number of likely N-dealkylation sites (tertiary alicyclic amines) is 1. The van der Waals surface area contributed by atoms with Gasteiger partial charge in [0.2, 0.25) is 17.7 Å². The van der Waals surface area contributed by atoms with Gasteiger partial charge in [-0.3, -0.25) is 14.4 Å². The number of piperidine rings is 1. The lowest BCUT2D eigenvalue weighted by atomic mass is 9.95. The summed E-state index contributed by atoms with van der Waals surface area (Å²) in [6.45, 7) is 2.78. The first-order chi connectivity index (χ1) is 11.5. The number of hydrogen-bond acceptors (Lipinski definition) is 3. The molecule has 0 aromatic heterocycles. The zero-order valence-corrected chi connectivity index (χ0v) is 13.9. The molecule has 1 aliphatic heterocycles. The average Bonchev–Trinajstić information content (AvgIpc) is 3.39. The molecule has 2 N–H and O–H groups in total. The molecule has 1 heterocycles. The number of carbonyl (C=O) groups excluding carboxylic acids is 3. The third kappa shape index (κ3) is 4.13. The van der Waals surface area contributed by atoms with E-state index in [1.54, 1.807) is 24.3 Å². The molecular formula is C18H23N3O3. The Balaban J connectivity index is 1.52. The lowest BCUT2D eigenvalue weighted by Gasteiger charge is -2.31. The minimum absolute atomic E-state index is 0.0199. The van der Waals surface area contributed by atoms with E-state index in [4.69, 9.17) is 0 Å². The molecule has 0 bridgehead atoms. The van der Waals surface area contributed by atoms with Gasteiger partial charge in [-0.05, 0) is 43.9 Å². The van der Waals surface area contributed by atoms with Crippen molar-refractivity contribution in [3.63, 3.8) is 0 Å². The Morgan fingerprint density at radius 1 is 0.958 bits per heavy atom. The number of rotatable bonds is 4. The SMILES string of the molecule is CC(=O)Nc1cccc(NC(=O)C2CCN(C(=O)C3CC3)CC2)c1. The fourth-order valence-electron chi connectivity index (χ4n) is 3.07. The summed E-state index contributed by atoms with van der Waals surface area (Å²) >= 11 is 0. The van der Waals surface area contributed by atoms with Crippen LogP contribution in [0.1, 0.15) is 32.6 Å². The van der Waals surface area contributed by atoms with E-state index in [-0.39, 0.29) is 29.6 Å². The van der Waals surface area contributed by atoms with Crippen molar-refractivity contribution in [1.82, 2.24) is 4.90 Å². The fraction of sp³-hybridized carbons (Fsp3) is 0.500. The standard InChI is InChI=1S/C18H23N3O3/c1-12(22)19-15-3-2-4-16(11-15)20-17(23)13-7-9-21(10-8-13)18(24)14-5-6-14/h2-4,11,13-14H,5-10H2,1H3,(H,19,22)(H,20,23). The van der Waals surface area contributed by atoms with Crippen LogP contribution < -0.4 is 10.6 Å². The molecule has 0 unspecified atom stereocenters. The molecule has 128 valence electrons. The number of carbonyl (C=O) groups is 3. The van der Waals surface area contributed by atoms with E-state index in [0.29, 0.717) is 37.3 Å². The second-order valence-electron chi connectivity index (χ2n) is 6.63. The highest BCUT2D eigenvalue weighted by molar-refractivity contribution is 5.94. The van der Waals surface area contributed by atoms with Gasteiger partial charge in [0.05, 0.1) is 0 Å². The first-order valence-electron chi connectivity index (χ1n) is 8.50. The molecule has 2 fully saturated rings. The van der Waals surface area contributed by atoms with E-state index in [9.17, 15) is 14.4 Å². The number of benzene rings is 1. The number of nitrogens with zero attached hydrogens (tertiary/aromatic N) is 1. The first kappa shape index (κ1) is 16.5. The highest BCUT2D eigenvalue weighted by atomic mass is 16.2. The van der Waals surface area contributed by atoms with E-state index in [1.807, 2.05) is 4.90 Å².